The van der Waals surface area contributed by atoms with Crippen molar-refractivity contribution in [3.63, 3.8) is 0 Å². The molecule has 4 rings (SSSR count). The lowest BCUT2D eigenvalue weighted by atomic mass is 9.72. The van der Waals surface area contributed by atoms with Crippen LogP contribution in [-0.4, -0.2) is 27.8 Å². The average molecular weight is 499 g/mol. The third-order valence-electron chi connectivity index (χ3n) is 6.83. The minimum absolute atomic E-state index is 0.00290. The normalized spacial score (nSPS) is 19.0. The molecule has 182 valence electrons. The molecule has 1 aliphatic rings. The third kappa shape index (κ3) is 5.74. The molecule has 0 aliphatic heterocycles. The molecule has 0 saturated heterocycles. The Hall–Kier alpha value is -2.12. The lowest BCUT2D eigenvalue weighted by Gasteiger charge is -2.36. The maximum atomic E-state index is 12.9. The van der Waals surface area contributed by atoms with Gasteiger partial charge in [0.15, 0.2) is 5.16 Å². The number of hydrogen-bond acceptors (Lipinski definition) is 6. The first-order chi connectivity index (χ1) is 16.1. The Balaban J connectivity index is 1.38. The van der Waals surface area contributed by atoms with Crippen molar-refractivity contribution in [2.24, 2.45) is 11.3 Å². The molecule has 3 aromatic rings. The quantitative estimate of drug-likeness (QED) is 0.225. The van der Waals surface area contributed by atoms with Crippen LogP contribution in [0.2, 0.25) is 0 Å². The van der Waals surface area contributed by atoms with Crippen LogP contribution in [0, 0.1) is 11.3 Å². The smallest absolute Gasteiger partial charge is 0.316 e. The van der Waals surface area contributed by atoms with Crippen LogP contribution < -0.4 is 5.56 Å². The Bertz CT molecular complexity index is 1200. The highest BCUT2D eigenvalue weighted by Gasteiger charge is 2.31. The number of esters is 1. The van der Waals surface area contributed by atoms with Gasteiger partial charge in [-0.25, -0.2) is 4.98 Å². The van der Waals surface area contributed by atoms with E-state index in [0.29, 0.717) is 32.6 Å². The van der Waals surface area contributed by atoms with Crippen LogP contribution in [0.1, 0.15) is 71.8 Å². The van der Waals surface area contributed by atoms with E-state index in [2.05, 4.69) is 68.9 Å². The third-order valence-corrected chi connectivity index (χ3v) is 8.55. The summed E-state index contributed by atoms with van der Waals surface area (Å²) in [6, 6.07) is 8.33. The lowest BCUT2D eigenvalue weighted by molar-refractivity contribution is -0.148. The number of fused-ring (bicyclic) bond motifs is 1. The second-order valence-corrected chi connectivity index (χ2v) is 12.4. The highest BCUT2D eigenvalue weighted by molar-refractivity contribution is 7.99. The Kier molecular flexibility index (Phi) is 7.53. The van der Waals surface area contributed by atoms with Gasteiger partial charge < -0.3 is 9.72 Å². The van der Waals surface area contributed by atoms with Crippen LogP contribution in [-0.2, 0) is 9.53 Å². The fraction of sp³-hybridized carbons (Fsp3) is 0.519. The predicted molar refractivity (Wildman–Crippen MR) is 142 cm³/mol. The Morgan fingerprint density at radius 2 is 1.85 bits per heavy atom. The predicted octanol–water partition coefficient (Wildman–Crippen LogP) is 7.02. The summed E-state index contributed by atoms with van der Waals surface area (Å²) in [7, 11) is 0. The number of ether oxygens (including phenoxy) is 1. The van der Waals surface area contributed by atoms with Crippen molar-refractivity contribution < 1.29 is 9.53 Å². The molecule has 2 aromatic heterocycles. The molecule has 2 heterocycles. The van der Waals surface area contributed by atoms with E-state index in [9.17, 15) is 9.59 Å². The van der Waals surface area contributed by atoms with Crippen molar-refractivity contribution in [1.82, 2.24) is 9.97 Å². The Morgan fingerprint density at radius 3 is 2.47 bits per heavy atom. The Morgan fingerprint density at radius 1 is 1.18 bits per heavy atom. The molecule has 0 radical (unpaired) electrons. The zero-order valence-corrected chi connectivity index (χ0v) is 22.3. The van der Waals surface area contributed by atoms with Crippen LogP contribution in [0.25, 0.3) is 21.3 Å². The molecule has 1 aromatic carbocycles. The van der Waals surface area contributed by atoms with E-state index < -0.39 is 0 Å². The van der Waals surface area contributed by atoms with Crippen molar-refractivity contribution in [2.45, 2.75) is 77.5 Å². The van der Waals surface area contributed by atoms with E-state index in [4.69, 9.17) is 4.74 Å². The summed E-state index contributed by atoms with van der Waals surface area (Å²) in [6.45, 7) is 11.2. The molecular weight excluding hydrogens is 464 g/mol. The van der Waals surface area contributed by atoms with E-state index >= 15 is 0 Å². The van der Waals surface area contributed by atoms with Crippen LogP contribution in [0.15, 0.2) is 39.6 Å². The van der Waals surface area contributed by atoms with Crippen LogP contribution in [0.4, 0.5) is 0 Å². The van der Waals surface area contributed by atoms with E-state index in [1.807, 2.05) is 5.38 Å². The Labute approximate surface area is 209 Å². The van der Waals surface area contributed by atoms with Gasteiger partial charge in [0.05, 0.1) is 11.1 Å². The topological polar surface area (TPSA) is 72.0 Å². The molecule has 5 nitrogen and oxygen atoms in total. The molecule has 0 unspecified atom stereocenters. The van der Waals surface area contributed by atoms with Crippen molar-refractivity contribution >= 4 is 39.3 Å². The number of aromatic amines is 1. The first-order valence-corrected chi connectivity index (χ1v) is 13.9. The molecule has 0 amide bonds. The van der Waals surface area contributed by atoms with Gasteiger partial charge in [-0.05, 0) is 54.1 Å². The number of H-pyrrole nitrogens is 1. The highest BCUT2D eigenvalue weighted by atomic mass is 32.2. The number of benzene rings is 1. The maximum absolute atomic E-state index is 12.9. The number of nitrogens with zero attached hydrogens (tertiary/aromatic N) is 1. The molecule has 1 fully saturated rings. The fourth-order valence-corrected chi connectivity index (χ4v) is 6.30. The van der Waals surface area contributed by atoms with Gasteiger partial charge in [-0.15, -0.1) is 11.3 Å². The minimum atomic E-state index is -0.246. The van der Waals surface area contributed by atoms with Crippen molar-refractivity contribution in [3.05, 3.63) is 45.6 Å². The second kappa shape index (κ2) is 10.2. The largest absolute Gasteiger partial charge is 0.462 e. The monoisotopic (exact) mass is 498 g/mol. The second-order valence-electron chi connectivity index (χ2n) is 10.6. The SMILES string of the molecule is CC(C)c1ccc(-c2csc3nc(SCC(=O)OC4CCC(C(C)(C)C)CC4)[nH]c(=O)c23)cc1. The lowest BCUT2D eigenvalue weighted by Crippen LogP contribution is -2.30. The van der Waals surface area contributed by atoms with Crippen LogP contribution in [0.3, 0.4) is 0 Å². The molecule has 1 aliphatic carbocycles. The highest BCUT2D eigenvalue weighted by Crippen LogP contribution is 2.38. The number of aromatic nitrogens is 2. The summed E-state index contributed by atoms with van der Waals surface area (Å²) in [5.74, 6) is 1.04. The summed E-state index contributed by atoms with van der Waals surface area (Å²) in [5.41, 5.74) is 3.30. The zero-order valence-electron chi connectivity index (χ0n) is 20.6. The average Bonchev–Trinajstić information content (AvgIpc) is 3.22. The summed E-state index contributed by atoms with van der Waals surface area (Å²) in [6.07, 6.45) is 4.05. The number of carbonyl (C=O) groups is 1. The number of hydrogen-bond donors (Lipinski definition) is 1. The van der Waals surface area contributed by atoms with Crippen LogP contribution in [0.5, 0.6) is 0 Å². The molecule has 34 heavy (non-hydrogen) atoms. The fourth-order valence-electron chi connectivity index (χ4n) is 4.65. The summed E-state index contributed by atoms with van der Waals surface area (Å²) in [4.78, 5) is 33.4. The molecular formula is C27H34N2O3S2. The minimum Gasteiger partial charge on any atom is -0.462 e. The van der Waals surface area contributed by atoms with E-state index in [0.717, 1.165) is 36.8 Å². The van der Waals surface area contributed by atoms with E-state index in [1.54, 1.807) is 0 Å². The van der Waals surface area contributed by atoms with E-state index in [1.165, 1.54) is 28.7 Å². The van der Waals surface area contributed by atoms with Crippen molar-refractivity contribution in [3.8, 4) is 11.1 Å². The molecule has 0 atom stereocenters. The number of thioether (sulfide) groups is 1. The van der Waals surface area contributed by atoms with Crippen molar-refractivity contribution in [1.29, 1.82) is 0 Å². The number of nitrogens with one attached hydrogen (secondary N) is 1. The summed E-state index contributed by atoms with van der Waals surface area (Å²) >= 11 is 2.68. The van der Waals surface area contributed by atoms with Gasteiger partial charge in [-0.3, -0.25) is 9.59 Å². The van der Waals surface area contributed by atoms with Crippen molar-refractivity contribution in [2.75, 3.05) is 5.75 Å². The van der Waals surface area contributed by atoms with Gasteiger partial charge in [0.2, 0.25) is 0 Å². The molecule has 7 heteroatoms. The van der Waals surface area contributed by atoms with Gasteiger partial charge in [0.25, 0.3) is 5.56 Å². The van der Waals surface area contributed by atoms with Gasteiger partial charge in [-0.1, -0.05) is 70.6 Å². The maximum Gasteiger partial charge on any atom is 0.316 e. The molecule has 1 saturated carbocycles. The summed E-state index contributed by atoms with van der Waals surface area (Å²) < 4.78 is 5.70. The zero-order chi connectivity index (χ0) is 24.5. The van der Waals surface area contributed by atoms with Gasteiger partial charge in [0, 0.05) is 10.9 Å². The van der Waals surface area contributed by atoms with Crippen LogP contribution >= 0.6 is 23.1 Å². The van der Waals surface area contributed by atoms with Gasteiger partial charge in [0.1, 0.15) is 10.9 Å². The number of carbonyl (C=O) groups excluding carboxylic acids is 1. The summed E-state index contributed by atoms with van der Waals surface area (Å²) in [5, 5.41) is 3.03. The molecule has 0 spiro atoms. The van der Waals surface area contributed by atoms with Gasteiger partial charge >= 0.3 is 5.97 Å². The molecule has 1 N–H and O–H groups in total. The van der Waals surface area contributed by atoms with Gasteiger partial charge in [-0.2, -0.15) is 0 Å². The molecule has 0 bridgehead atoms. The standard InChI is InChI=1S/C27H34N2O3S2/c1-16(2)17-6-8-18(9-7-17)21-14-33-25-23(21)24(31)28-26(29-25)34-15-22(30)32-20-12-10-19(11-13-20)27(3,4)5/h6-9,14,16,19-20H,10-13,15H2,1-5H3,(H,28,29,31). The van der Waals surface area contributed by atoms with E-state index in [-0.39, 0.29) is 23.4 Å². The number of rotatable bonds is 6. The number of thiophene rings is 1. The first-order valence-electron chi connectivity index (χ1n) is 12.1. The first kappa shape index (κ1) is 25.0.